The minimum Gasteiger partial charge on any atom is -0.487 e. The second kappa shape index (κ2) is 6.45. The molecule has 0 saturated carbocycles. The van der Waals surface area contributed by atoms with E-state index in [1.165, 1.54) is 17.6 Å². The van der Waals surface area contributed by atoms with Gasteiger partial charge >= 0.3 is 0 Å². The number of carbonyl (C=O) groups is 1. The molecule has 0 atom stereocenters. The molecule has 0 spiro atoms. The minimum absolute atomic E-state index is 0.0654. The van der Waals surface area contributed by atoms with Gasteiger partial charge in [-0.25, -0.2) is 13.4 Å². The first-order valence-corrected chi connectivity index (χ1v) is 9.33. The van der Waals surface area contributed by atoms with Crippen LogP contribution in [0.1, 0.15) is 26.6 Å². The maximum Gasteiger partial charge on any atom is 0.248 e. The van der Waals surface area contributed by atoms with Crippen molar-refractivity contribution in [3.8, 4) is 5.75 Å². The van der Waals surface area contributed by atoms with E-state index in [2.05, 4.69) is 4.98 Å². The molecule has 0 fully saturated rings. The fraction of sp³-hybridized carbons (Fsp3) is 0.286. The maximum atomic E-state index is 11.2. The van der Waals surface area contributed by atoms with Gasteiger partial charge in [0.05, 0.1) is 5.69 Å². The smallest absolute Gasteiger partial charge is 0.248 e. The molecule has 2 N–H and O–H groups in total. The second-order valence-corrected chi connectivity index (χ2v) is 8.02. The SMILES string of the molecule is Cc1cc(OCc2csc(CS(C)(=O)=O)n2)ccc1C(N)=O. The van der Waals surface area contributed by atoms with Crippen molar-refractivity contribution >= 4 is 27.1 Å². The monoisotopic (exact) mass is 340 g/mol. The Morgan fingerprint density at radius 1 is 1.41 bits per heavy atom. The van der Waals surface area contributed by atoms with E-state index >= 15 is 0 Å². The van der Waals surface area contributed by atoms with Crippen LogP contribution in [0.4, 0.5) is 0 Å². The summed E-state index contributed by atoms with van der Waals surface area (Å²) in [6, 6.07) is 5.00. The summed E-state index contributed by atoms with van der Waals surface area (Å²) in [7, 11) is -3.09. The summed E-state index contributed by atoms with van der Waals surface area (Å²) in [5.41, 5.74) is 7.10. The van der Waals surface area contributed by atoms with Crippen LogP contribution in [0.5, 0.6) is 5.75 Å². The first kappa shape index (κ1) is 16.4. The number of aryl methyl sites for hydroxylation is 1. The van der Waals surface area contributed by atoms with E-state index in [0.29, 0.717) is 22.0 Å². The molecule has 1 aromatic heterocycles. The van der Waals surface area contributed by atoms with Crippen LogP contribution in [0.3, 0.4) is 0 Å². The number of sulfone groups is 1. The zero-order valence-corrected chi connectivity index (χ0v) is 13.8. The molecule has 0 aliphatic rings. The third-order valence-electron chi connectivity index (χ3n) is 2.84. The Labute approximate surface area is 132 Å². The number of nitrogens with two attached hydrogens (primary N) is 1. The number of rotatable bonds is 6. The average Bonchev–Trinajstić information content (AvgIpc) is 2.81. The summed E-state index contributed by atoms with van der Waals surface area (Å²) >= 11 is 1.29. The van der Waals surface area contributed by atoms with Crippen molar-refractivity contribution in [3.05, 3.63) is 45.4 Å². The topological polar surface area (TPSA) is 99.3 Å². The van der Waals surface area contributed by atoms with E-state index < -0.39 is 15.7 Å². The lowest BCUT2D eigenvalue weighted by atomic mass is 10.1. The van der Waals surface area contributed by atoms with Gasteiger partial charge in [0.1, 0.15) is 23.1 Å². The molecule has 2 rings (SSSR count). The van der Waals surface area contributed by atoms with Crippen LogP contribution in [-0.4, -0.2) is 25.6 Å². The van der Waals surface area contributed by atoms with Gasteiger partial charge in [-0.3, -0.25) is 4.79 Å². The van der Waals surface area contributed by atoms with Gasteiger partial charge in [0.2, 0.25) is 5.91 Å². The van der Waals surface area contributed by atoms with Gasteiger partial charge in [0.15, 0.2) is 9.84 Å². The molecule has 118 valence electrons. The molecule has 6 nitrogen and oxygen atoms in total. The summed E-state index contributed by atoms with van der Waals surface area (Å²) in [4.78, 5) is 15.4. The maximum absolute atomic E-state index is 11.2. The van der Waals surface area contributed by atoms with E-state index in [0.717, 1.165) is 5.56 Å². The number of hydrogen-bond donors (Lipinski definition) is 1. The number of primary amides is 1. The first-order valence-electron chi connectivity index (χ1n) is 6.39. The van der Waals surface area contributed by atoms with E-state index in [9.17, 15) is 13.2 Å². The Kier molecular flexibility index (Phi) is 4.82. The fourth-order valence-corrected chi connectivity index (χ4v) is 3.86. The van der Waals surface area contributed by atoms with E-state index in [-0.39, 0.29) is 12.4 Å². The van der Waals surface area contributed by atoms with Gasteiger partial charge in [-0.15, -0.1) is 11.3 Å². The number of ether oxygens (including phenoxy) is 1. The summed E-state index contributed by atoms with van der Waals surface area (Å²) in [6.07, 6.45) is 1.17. The Hall–Kier alpha value is -1.93. The molecule has 2 aromatic rings. The molecule has 1 aromatic carbocycles. The number of nitrogens with zero attached hydrogens (tertiary/aromatic N) is 1. The highest BCUT2D eigenvalue weighted by Gasteiger charge is 2.10. The van der Waals surface area contributed by atoms with Gasteiger partial charge in [-0.2, -0.15) is 0 Å². The summed E-state index contributed by atoms with van der Waals surface area (Å²) in [5.74, 6) is 0.0542. The van der Waals surface area contributed by atoms with Crippen LogP contribution in [0.2, 0.25) is 0 Å². The van der Waals surface area contributed by atoms with Crippen molar-refractivity contribution in [2.75, 3.05) is 6.26 Å². The van der Waals surface area contributed by atoms with Gasteiger partial charge in [-0.05, 0) is 30.7 Å². The normalized spacial score (nSPS) is 11.4. The number of carbonyl (C=O) groups excluding carboxylic acids is 1. The Morgan fingerprint density at radius 2 is 2.14 bits per heavy atom. The van der Waals surface area contributed by atoms with E-state index in [1.807, 2.05) is 0 Å². The zero-order valence-electron chi connectivity index (χ0n) is 12.2. The Balaban J connectivity index is 2.01. The van der Waals surface area contributed by atoms with Crippen LogP contribution in [-0.2, 0) is 22.2 Å². The molecule has 0 bridgehead atoms. The lowest BCUT2D eigenvalue weighted by Crippen LogP contribution is -2.12. The van der Waals surface area contributed by atoms with Crippen molar-refractivity contribution in [3.63, 3.8) is 0 Å². The molecule has 0 unspecified atom stereocenters. The summed E-state index contributed by atoms with van der Waals surface area (Å²) < 4.78 is 28.0. The fourth-order valence-electron chi connectivity index (χ4n) is 1.87. The second-order valence-electron chi connectivity index (χ2n) is 4.93. The molecule has 0 saturated heterocycles. The lowest BCUT2D eigenvalue weighted by Gasteiger charge is -2.07. The first-order chi connectivity index (χ1) is 10.2. The van der Waals surface area contributed by atoms with Gasteiger partial charge in [0.25, 0.3) is 0 Å². The number of aromatic nitrogens is 1. The van der Waals surface area contributed by atoms with Crippen LogP contribution >= 0.6 is 11.3 Å². The van der Waals surface area contributed by atoms with Crippen LogP contribution < -0.4 is 10.5 Å². The van der Waals surface area contributed by atoms with Crippen molar-refractivity contribution < 1.29 is 17.9 Å². The van der Waals surface area contributed by atoms with Crippen LogP contribution in [0, 0.1) is 6.92 Å². The quantitative estimate of drug-likeness (QED) is 0.862. The largest absolute Gasteiger partial charge is 0.487 e. The van der Waals surface area contributed by atoms with Gasteiger partial charge < -0.3 is 10.5 Å². The van der Waals surface area contributed by atoms with E-state index in [1.54, 1.807) is 30.5 Å². The highest BCUT2D eigenvalue weighted by atomic mass is 32.2. The van der Waals surface area contributed by atoms with Crippen molar-refractivity contribution in [2.45, 2.75) is 19.3 Å². The summed E-state index contributed by atoms with van der Waals surface area (Å²) in [6.45, 7) is 2.01. The molecule has 0 radical (unpaired) electrons. The minimum atomic E-state index is -3.09. The van der Waals surface area contributed by atoms with Gasteiger partial charge in [-0.1, -0.05) is 0 Å². The number of amides is 1. The predicted octanol–water partition coefficient (Wildman–Crippen LogP) is 1.67. The summed E-state index contributed by atoms with van der Waals surface area (Å²) in [5, 5.41) is 2.31. The average molecular weight is 340 g/mol. The Bertz CT molecular complexity index is 797. The molecule has 1 amide bonds. The highest BCUT2D eigenvalue weighted by molar-refractivity contribution is 7.90. The van der Waals surface area contributed by atoms with Crippen molar-refractivity contribution in [1.29, 1.82) is 0 Å². The lowest BCUT2D eigenvalue weighted by molar-refractivity contribution is 0.0999. The third-order valence-corrected chi connectivity index (χ3v) is 4.71. The molecule has 1 heterocycles. The standard InChI is InChI=1S/C14H16N2O4S2/c1-9-5-11(3-4-12(9)14(15)17)20-6-10-7-21-13(16-10)8-22(2,18)19/h3-5,7H,6,8H2,1-2H3,(H2,15,17). The van der Waals surface area contributed by atoms with Crippen molar-refractivity contribution in [1.82, 2.24) is 4.98 Å². The van der Waals surface area contributed by atoms with Gasteiger partial charge in [0, 0.05) is 17.2 Å². The predicted molar refractivity (Wildman–Crippen MR) is 84.7 cm³/mol. The molecular weight excluding hydrogens is 324 g/mol. The van der Waals surface area contributed by atoms with Crippen LogP contribution in [0.25, 0.3) is 0 Å². The third kappa shape index (κ3) is 4.54. The number of thiazole rings is 1. The highest BCUT2D eigenvalue weighted by Crippen LogP contribution is 2.19. The molecule has 8 heteroatoms. The van der Waals surface area contributed by atoms with Crippen LogP contribution in [0.15, 0.2) is 23.6 Å². The molecular formula is C14H16N2O4S2. The van der Waals surface area contributed by atoms with E-state index in [4.69, 9.17) is 10.5 Å². The Morgan fingerprint density at radius 3 is 2.73 bits per heavy atom. The molecule has 0 aliphatic carbocycles. The molecule has 22 heavy (non-hydrogen) atoms. The zero-order chi connectivity index (χ0) is 16.3. The number of benzene rings is 1. The molecule has 0 aliphatic heterocycles. The number of hydrogen-bond acceptors (Lipinski definition) is 6. The van der Waals surface area contributed by atoms with Crippen molar-refractivity contribution in [2.24, 2.45) is 5.73 Å².